The van der Waals surface area contributed by atoms with Gasteiger partial charge in [-0.15, -0.1) is 0 Å². The van der Waals surface area contributed by atoms with Crippen molar-refractivity contribution in [2.45, 2.75) is 38.8 Å². The quantitative estimate of drug-likeness (QED) is 0.111. The lowest BCUT2D eigenvalue weighted by Gasteiger charge is -2.36. The summed E-state index contributed by atoms with van der Waals surface area (Å²) in [6, 6.07) is 28.3. The summed E-state index contributed by atoms with van der Waals surface area (Å²) in [6.45, 7) is 7.98. The van der Waals surface area contributed by atoms with E-state index in [1.807, 2.05) is 85.6 Å². The highest BCUT2D eigenvalue weighted by atomic mass is 16.2. The van der Waals surface area contributed by atoms with E-state index in [4.69, 9.17) is 15.7 Å². The molecule has 0 aliphatic carbocycles. The highest BCUT2D eigenvalue weighted by Crippen LogP contribution is 2.41. The SMILES string of the molecule is Cc1cc(-c2ccc3c(n2)N(C(=O)Nc2ccc4[nH]ncc4c2)[C@H]2CCN3C2)ccn1.Cc1cc(-c2ccc3c(n2)N[C@H]2CCN3C2)ccn1.Nc1ccc2[nH]ncc2c1. The van der Waals surface area contributed by atoms with Crippen LogP contribution < -0.4 is 31.1 Å². The third-order valence-electron chi connectivity index (χ3n) is 11.5. The number of hydrogen-bond donors (Lipinski definition) is 5. The van der Waals surface area contributed by atoms with Crippen LogP contribution in [0.25, 0.3) is 44.3 Å². The maximum atomic E-state index is 13.4. The summed E-state index contributed by atoms with van der Waals surface area (Å²) in [5.74, 6) is 1.74. The smallest absolute Gasteiger partial charge is 0.327 e. The normalized spacial score (nSPS) is 16.9. The molecule has 10 heterocycles. The van der Waals surface area contributed by atoms with Crippen LogP contribution in [-0.4, -0.2) is 84.6 Å². The molecule has 0 radical (unpaired) electrons. The van der Waals surface area contributed by atoms with Crippen LogP contribution in [0.4, 0.5) is 39.2 Å². The van der Waals surface area contributed by atoms with E-state index in [1.54, 1.807) is 18.6 Å². The number of benzene rings is 2. The topological polar surface area (TPSA) is 186 Å². The minimum absolute atomic E-state index is 0.104. The molecule has 6 N–H and O–H groups in total. The molecular weight excluding hydrogens is 753 g/mol. The molecular formula is C45H44N14O. The van der Waals surface area contributed by atoms with E-state index >= 15 is 0 Å². The number of H-pyrrole nitrogens is 2. The van der Waals surface area contributed by atoms with E-state index in [1.165, 1.54) is 12.1 Å². The number of aromatic amines is 2. The summed E-state index contributed by atoms with van der Waals surface area (Å²) in [5, 5.41) is 22.3. The van der Waals surface area contributed by atoms with Gasteiger partial charge in [0.2, 0.25) is 0 Å². The zero-order chi connectivity index (χ0) is 40.7. The van der Waals surface area contributed by atoms with Crippen LogP contribution in [0, 0.1) is 13.8 Å². The van der Waals surface area contributed by atoms with E-state index in [-0.39, 0.29) is 12.1 Å². The zero-order valence-corrected chi connectivity index (χ0v) is 33.3. The van der Waals surface area contributed by atoms with Gasteiger partial charge < -0.3 is 26.2 Å². The average molecular weight is 797 g/mol. The van der Waals surface area contributed by atoms with Crippen molar-refractivity contribution in [1.29, 1.82) is 0 Å². The van der Waals surface area contributed by atoms with E-state index in [2.05, 4.69) is 75.1 Å². The lowest BCUT2D eigenvalue weighted by molar-refractivity contribution is 0.255. The first-order chi connectivity index (χ1) is 29.3. The van der Waals surface area contributed by atoms with E-state index in [0.717, 1.165) is 111 Å². The van der Waals surface area contributed by atoms with Gasteiger partial charge in [0.15, 0.2) is 11.6 Å². The fourth-order valence-corrected chi connectivity index (χ4v) is 8.47. The molecule has 2 atom stereocenters. The molecule has 4 bridgehead atoms. The number of amides is 2. The predicted molar refractivity (Wildman–Crippen MR) is 237 cm³/mol. The van der Waals surface area contributed by atoms with E-state index in [0.29, 0.717) is 11.9 Å². The molecule has 0 saturated carbocycles. The molecule has 0 spiro atoms. The summed E-state index contributed by atoms with van der Waals surface area (Å²) in [4.78, 5) is 38.2. The van der Waals surface area contributed by atoms with Crippen molar-refractivity contribution in [2.75, 3.05) is 57.2 Å². The molecule has 4 aliphatic rings. The summed E-state index contributed by atoms with van der Waals surface area (Å²) in [6.07, 6.45) is 9.27. The third-order valence-corrected chi connectivity index (χ3v) is 11.5. The number of nitrogen functional groups attached to an aromatic ring is 1. The number of nitrogens with zero attached hydrogens (tertiary/aromatic N) is 9. The molecule has 6 aromatic heterocycles. The Bertz CT molecular complexity index is 2870. The first kappa shape index (κ1) is 36.8. The van der Waals surface area contributed by atoms with Crippen LogP contribution in [0.5, 0.6) is 0 Å². The first-order valence-corrected chi connectivity index (χ1v) is 20.2. The number of carbonyl (C=O) groups is 1. The van der Waals surface area contributed by atoms with Gasteiger partial charge in [-0.05, 0) is 112 Å². The van der Waals surface area contributed by atoms with Gasteiger partial charge in [0.25, 0.3) is 0 Å². The minimum atomic E-state index is -0.161. The molecule has 12 rings (SSSR count). The molecule has 0 unspecified atom stereocenters. The van der Waals surface area contributed by atoms with E-state index in [9.17, 15) is 4.79 Å². The van der Waals surface area contributed by atoms with Crippen LogP contribution in [0.3, 0.4) is 0 Å². The molecule has 2 fully saturated rings. The molecule has 15 nitrogen and oxygen atoms in total. The molecule has 2 amide bonds. The van der Waals surface area contributed by atoms with Crippen LogP contribution in [0.15, 0.2) is 110 Å². The van der Waals surface area contributed by atoms with Gasteiger partial charge in [-0.25, -0.2) is 14.8 Å². The summed E-state index contributed by atoms with van der Waals surface area (Å²) < 4.78 is 0. The Morgan fingerprint density at radius 2 is 1.37 bits per heavy atom. The summed E-state index contributed by atoms with van der Waals surface area (Å²) in [7, 11) is 0. The van der Waals surface area contributed by atoms with Crippen LogP contribution >= 0.6 is 0 Å². The first-order valence-electron chi connectivity index (χ1n) is 20.2. The van der Waals surface area contributed by atoms with Crippen molar-refractivity contribution < 1.29 is 4.79 Å². The minimum Gasteiger partial charge on any atom is -0.399 e. The number of nitrogens with one attached hydrogen (secondary N) is 4. The van der Waals surface area contributed by atoms with Crippen LogP contribution in [0.1, 0.15) is 24.2 Å². The number of fused-ring (bicyclic) bond motifs is 10. The maximum Gasteiger partial charge on any atom is 0.327 e. The number of nitrogens with two attached hydrogens (primary N) is 1. The Morgan fingerprint density at radius 1 is 0.717 bits per heavy atom. The fourth-order valence-electron chi connectivity index (χ4n) is 8.47. The number of hydrogen-bond acceptors (Lipinski definition) is 11. The lowest BCUT2D eigenvalue weighted by atomic mass is 10.1. The van der Waals surface area contributed by atoms with Gasteiger partial charge in [-0.1, -0.05) is 0 Å². The van der Waals surface area contributed by atoms with Crippen molar-refractivity contribution in [3.63, 3.8) is 0 Å². The Morgan fingerprint density at radius 3 is 2.10 bits per heavy atom. The molecule has 2 saturated heterocycles. The second-order valence-corrected chi connectivity index (χ2v) is 15.6. The van der Waals surface area contributed by atoms with Gasteiger partial charge in [0, 0.05) is 89.3 Å². The highest BCUT2D eigenvalue weighted by Gasteiger charge is 2.40. The number of carbonyl (C=O) groups excluding carboxylic acids is 1. The lowest BCUT2D eigenvalue weighted by Crippen LogP contribution is -2.48. The maximum absolute atomic E-state index is 13.4. The third kappa shape index (κ3) is 7.25. The van der Waals surface area contributed by atoms with Gasteiger partial charge in [-0.2, -0.15) is 10.2 Å². The van der Waals surface area contributed by atoms with Crippen molar-refractivity contribution in [3.05, 3.63) is 121 Å². The predicted octanol–water partition coefficient (Wildman–Crippen LogP) is 7.56. The fraction of sp³-hybridized carbons (Fsp3) is 0.222. The Balaban J connectivity index is 0.000000125. The molecule has 15 heteroatoms. The van der Waals surface area contributed by atoms with Crippen LogP contribution in [0.2, 0.25) is 0 Å². The molecule has 2 aromatic carbocycles. The molecule has 8 aromatic rings. The Kier molecular flexibility index (Phi) is 9.39. The molecule has 4 aliphatic heterocycles. The van der Waals surface area contributed by atoms with Crippen LogP contribution in [-0.2, 0) is 0 Å². The Labute approximate surface area is 346 Å². The zero-order valence-electron chi connectivity index (χ0n) is 33.3. The van der Waals surface area contributed by atoms with Crippen molar-refractivity contribution in [2.24, 2.45) is 0 Å². The van der Waals surface area contributed by atoms with Crippen molar-refractivity contribution in [3.8, 4) is 22.5 Å². The number of aryl methyl sites for hydroxylation is 2. The number of aromatic nitrogens is 8. The number of rotatable bonds is 3. The van der Waals surface area contributed by atoms with Gasteiger partial charge in [0.1, 0.15) is 0 Å². The monoisotopic (exact) mass is 796 g/mol. The van der Waals surface area contributed by atoms with Gasteiger partial charge in [-0.3, -0.25) is 25.1 Å². The Hall–Kier alpha value is -7.55. The summed E-state index contributed by atoms with van der Waals surface area (Å²) >= 11 is 0. The summed E-state index contributed by atoms with van der Waals surface area (Å²) in [5.41, 5.74) is 17.2. The highest BCUT2D eigenvalue weighted by molar-refractivity contribution is 6.05. The number of urea groups is 1. The van der Waals surface area contributed by atoms with Gasteiger partial charge in [0.05, 0.1) is 52.2 Å². The van der Waals surface area contributed by atoms with Crippen molar-refractivity contribution >= 4 is 62.2 Å². The largest absolute Gasteiger partial charge is 0.399 e. The van der Waals surface area contributed by atoms with Crippen molar-refractivity contribution in [1.82, 2.24) is 40.3 Å². The second kappa shape index (κ2) is 15.3. The average Bonchev–Trinajstić information content (AvgIpc) is 4.09. The number of pyridine rings is 4. The molecule has 300 valence electrons. The number of anilines is 6. The second-order valence-electron chi connectivity index (χ2n) is 15.6. The molecule has 60 heavy (non-hydrogen) atoms. The standard InChI is InChI=1S/C23H21N7O.C15H16N4.C7H7N3/c1-14-10-15(6-8-24-14)19-4-5-21-22(27-19)30(18-7-9-29(21)13-18)23(31)26-17-2-3-20-16(11-17)12-25-28-20;1-10-8-11(4-6-16-10)13-2-3-14-15(18-13)17-12-5-7-19(14)9-12;8-6-1-2-7-5(3-6)4-9-10-7/h2-6,8,10-12,18H,7,9,13H2,1H3,(H,25,28)(H,26,31);2-4,6,8,12H,5,7,9H2,1H3,(H,17,18);1-4H,8H2,(H,9,10)/t18-;12-;/m00./s1. The van der Waals surface area contributed by atoms with Gasteiger partial charge >= 0.3 is 6.03 Å². The van der Waals surface area contributed by atoms with E-state index < -0.39 is 0 Å².